The third kappa shape index (κ3) is 2.80. The molecule has 106 valence electrons. The van der Waals surface area contributed by atoms with E-state index in [-0.39, 0.29) is 5.78 Å². The highest BCUT2D eigenvalue weighted by atomic mass is 16.1. The van der Waals surface area contributed by atoms with Gasteiger partial charge in [-0.15, -0.1) is 0 Å². The quantitative estimate of drug-likeness (QED) is 0.790. The molecule has 0 bridgehead atoms. The molecule has 2 nitrogen and oxygen atoms in total. The molecule has 2 aliphatic rings. The van der Waals surface area contributed by atoms with Crippen LogP contribution in [-0.4, -0.2) is 11.5 Å². The number of benzene rings is 1. The van der Waals surface area contributed by atoms with Gasteiger partial charge in [0.2, 0.25) is 0 Å². The summed E-state index contributed by atoms with van der Waals surface area (Å²) in [6.45, 7) is 3.69. The Hall–Kier alpha value is -2.22. The van der Waals surface area contributed by atoms with E-state index >= 15 is 0 Å². The van der Waals surface area contributed by atoms with Crippen LogP contribution in [-0.2, 0) is 4.79 Å². The van der Waals surface area contributed by atoms with Gasteiger partial charge in [0.1, 0.15) is 0 Å². The molecule has 0 aromatic heterocycles. The molecule has 1 aromatic carbocycles. The zero-order valence-electron chi connectivity index (χ0n) is 12.5. The Bertz CT molecular complexity index is 690. The highest BCUT2D eigenvalue weighted by Crippen LogP contribution is 2.35. The predicted molar refractivity (Wildman–Crippen MR) is 87.1 cm³/mol. The minimum absolute atomic E-state index is 0.124. The van der Waals surface area contributed by atoms with Crippen LogP contribution in [0.3, 0.4) is 0 Å². The standard InChI is InChI=1S/C19H19NO/c1-13-18(16-6-4-3-5-7-16)12-17-9-8-15(14(2)21)10-11-19(17)20-13/h3-8,10-11,17H,9,12H2,1-2H3. The number of rotatable bonds is 2. The van der Waals surface area contributed by atoms with Crippen LogP contribution in [0, 0.1) is 5.92 Å². The van der Waals surface area contributed by atoms with Crippen LogP contribution >= 0.6 is 0 Å². The summed E-state index contributed by atoms with van der Waals surface area (Å²) in [7, 11) is 0. The first-order chi connectivity index (χ1) is 10.1. The van der Waals surface area contributed by atoms with E-state index in [9.17, 15) is 4.79 Å². The molecular formula is C19H19NO. The van der Waals surface area contributed by atoms with Gasteiger partial charge in [-0.3, -0.25) is 9.79 Å². The molecule has 1 unspecified atom stereocenters. The topological polar surface area (TPSA) is 29.4 Å². The number of fused-ring (bicyclic) bond motifs is 1. The summed E-state index contributed by atoms with van der Waals surface area (Å²) >= 11 is 0. The number of aliphatic imine (C=N–C) groups is 1. The lowest BCUT2D eigenvalue weighted by Gasteiger charge is -2.23. The number of hydrogen-bond donors (Lipinski definition) is 0. The molecule has 1 heterocycles. The Balaban J connectivity index is 1.94. The highest BCUT2D eigenvalue weighted by Gasteiger charge is 2.24. The minimum Gasteiger partial charge on any atom is -0.295 e. The average Bonchev–Trinajstić information content (AvgIpc) is 2.69. The van der Waals surface area contributed by atoms with Crippen LogP contribution < -0.4 is 0 Å². The number of carbonyl (C=O) groups is 1. The number of hydrogen-bond acceptors (Lipinski definition) is 2. The second-order valence-corrected chi connectivity index (χ2v) is 5.65. The van der Waals surface area contributed by atoms with Crippen molar-refractivity contribution in [2.75, 3.05) is 0 Å². The van der Waals surface area contributed by atoms with E-state index in [0.29, 0.717) is 5.92 Å². The number of nitrogens with zero attached hydrogens (tertiary/aromatic N) is 1. The number of Topliss-reactive ketones (excluding diaryl/α,β-unsaturated/α-hetero) is 1. The van der Waals surface area contributed by atoms with Crippen molar-refractivity contribution >= 4 is 17.1 Å². The summed E-state index contributed by atoms with van der Waals surface area (Å²) in [6, 6.07) is 10.4. The van der Waals surface area contributed by atoms with Crippen LogP contribution in [0.15, 0.2) is 64.8 Å². The number of ketones is 1. The molecule has 0 fully saturated rings. The van der Waals surface area contributed by atoms with Crippen molar-refractivity contribution in [2.45, 2.75) is 26.7 Å². The van der Waals surface area contributed by atoms with E-state index in [1.807, 2.05) is 18.2 Å². The molecule has 3 rings (SSSR count). The predicted octanol–water partition coefficient (Wildman–Crippen LogP) is 4.35. The fourth-order valence-corrected chi connectivity index (χ4v) is 2.97. The Kier molecular flexibility index (Phi) is 3.70. The summed E-state index contributed by atoms with van der Waals surface area (Å²) < 4.78 is 0. The summed E-state index contributed by atoms with van der Waals surface area (Å²) in [5.74, 6) is 0.496. The lowest BCUT2D eigenvalue weighted by atomic mass is 9.85. The fraction of sp³-hybridized carbons (Fsp3) is 0.263. The Morgan fingerprint density at radius 2 is 1.95 bits per heavy atom. The number of carbonyl (C=O) groups excluding carboxylic acids is 1. The Morgan fingerprint density at radius 3 is 2.67 bits per heavy atom. The van der Waals surface area contributed by atoms with Crippen molar-refractivity contribution in [2.24, 2.45) is 10.9 Å². The molecule has 0 radical (unpaired) electrons. The third-order valence-electron chi connectivity index (χ3n) is 4.19. The maximum Gasteiger partial charge on any atom is 0.159 e. The number of allylic oxidation sites excluding steroid dienone is 6. The molecule has 1 aliphatic heterocycles. The van der Waals surface area contributed by atoms with Gasteiger partial charge >= 0.3 is 0 Å². The van der Waals surface area contributed by atoms with Gasteiger partial charge in [-0.25, -0.2) is 0 Å². The molecule has 1 aliphatic carbocycles. The molecule has 0 amide bonds. The molecule has 21 heavy (non-hydrogen) atoms. The first-order valence-electron chi connectivity index (χ1n) is 7.38. The normalized spacial score (nSPS) is 21.3. The van der Waals surface area contributed by atoms with Gasteiger partial charge in [0, 0.05) is 22.9 Å². The van der Waals surface area contributed by atoms with Gasteiger partial charge in [0.25, 0.3) is 0 Å². The van der Waals surface area contributed by atoms with Crippen LogP contribution in [0.25, 0.3) is 5.57 Å². The molecule has 0 N–H and O–H groups in total. The second kappa shape index (κ2) is 5.65. The van der Waals surface area contributed by atoms with Gasteiger partial charge in [-0.2, -0.15) is 0 Å². The molecular weight excluding hydrogens is 258 g/mol. The highest BCUT2D eigenvalue weighted by molar-refractivity contribution is 6.04. The van der Waals surface area contributed by atoms with Gasteiger partial charge in [0.15, 0.2) is 5.78 Å². The van der Waals surface area contributed by atoms with Crippen molar-refractivity contribution in [1.82, 2.24) is 0 Å². The van der Waals surface area contributed by atoms with Crippen LogP contribution in [0.2, 0.25) is 0 Å². The lowest BCUT2D eigenvalue weighted by molar-refractivity contribution is -0.113. The van der Waals surface area contributed by atoms with Crippen molar-refractivity contribution in [3.8, 4) is 0 Å². The zero-order chi connectivity index (χ0) is 14.8. The smallest absolute Gasteiger partial charge is 0.159 e. The summed E-state index contributed by atoms with van der Waals surface area (Å²) in [5, 5.41) is 0. The SMILES string of the molecule is CC(=O)C1=CCC2CC(c3ccccc3)=C(C)N=C2C=C1. The van der Waals surface area contributed by atoms with Gasteiger partial charge < -0.3 is 0 Å². The van der Waals surface area contributed by atoms with Gasteiger partial charge in [0.05, 0.1) is 0 Å². The van der Waals surface area contributed by atoms with Crippen molar-refractivity contribution in [3.63, 3.8) is 0 Å². The Labute approximate surface area is 125 Å². The molecule has 0 saturated carbocycles. The van der Waals surface area contributed by atoms with Crippen LogP contribution in [0.1, 0.15) is 32.3 Å². The second-order valence-electron chi connectivity index (χ2n) is 5.65. The van der Waals surface area contributed by atoms with Crippen molar-refractivity contribution in [3.05, 3.63) is 65.4 Å². The molecule has 2 heteroatoms. The maximum atomic E-state index is 11.5. The van der Waals surface area contributed by atoms with E-state index in [1.54, 1.807) is 6.92 Å². The Morgan fingerprint density at radius 1 is 1.19 bits per heavy atom. The molecule has 1 atom stereocenters. The zero-order valence-corrected chi connectivity index (χ0v) is 12.5. The lowest BCUT2D eigenvalue weighted by Crippen LogP contribution is -2.16. The summed E-state index contributed by atoms with van der Waals surface area (Å²) in [6.07, 6.45) is 7.83. The average molecular weight is 277 g/mol. The third-order valence-corrected chi connectivity index (χ3v) is 4.19. The maximum absolute atomic E-state index is 11.5. The van der Waals surface area contributed by atoms with Crippen molar-refractivity contribution in [1.29, 1.82) is 0 Å². The first-order valence-corrected chi connectivity index (χ1v) is 7.38. The minimum atomic E-state index is 0.124. The summed E-state index contributed by atoms with van der Waals surface area (Å²) in [5.41, 5.74) is 5.55. The van der Waals surface area contributed by atoms with E-state index in [1.165, 1.54) is 11.1 Å². The van der Waals surface area contributed by atoms with E-state index in [2.05, 4.69) is 37.3 Å². The fourth-order valence-electron chi connectivity index (χ4n) is 2.97. The first kappa shape index (κ1) is 13.7. The van der Waals surface area contributed by atoms with E-state index in [4.69, 9.17) is 4.99 Å². The van der Waals surface area contributed by atoms with Gasteiger partial charge in [-0.05, 0) is 50.0 Å². The summed E-state index contributed by atoms with van der Waals surface area (Å²) in [4.78, 5) is 16.3. The van der Waals surface area contributed by atoms with Crippen LogP contribution in [0.5, 0.6) is 0 Å². The van der Waals surface area contributed by atoms with Crippen molar-refractivity contribution < 1.29 is 4.79 Å². The monoisotopic (exact) mass is 277 g/mol. The van der Waals surface area contributed by atoms with Crippen LogP contribution in [0.4, 0.5) is 0 Å². The van der Waals surface area contributed by atoms with E-state index in [0.717, 1.165) is 29.8 Å². The van der Waals surface area contributed by atoms with Gasteiger partial charge in [-0.1, -0.05) is 36.4 Å². The van der Waals surface area contributed by atoms with E-state index < -0.39 is 0 Å². The molecule has 0 spiro atoms. The molecule has 0 saturated heterocycles. The largest absolute Gasteiger partial charge is 0.295 e. The molecule has 1 aromatic rings.